The van der Waals surface area contributed by atoms with E-state index in [-0.39, 0.29) is 0 Å². The molecule has 0 spiro atoms. The molecule has 152 valence electrons. The van der Waals surface area contributed by atoms with Crippen LogP contribution in [0.5, 0.6) is 11.5 Å². The molecule has 0 amide bonds. The van der Waals surface area contributed by atoms with Crippen LogP contribution in [0.1, 0.15) is 50.3 Å². The normalized spacial score (nSPS) is 20.0. The zero-order chi connectivity index (χ0) is 19.5. The summed E-state index contributed by atoms with van der Waals surface area (Å²) in [5.74, 6) is 1.52. The number of nitrogens with zero attached hydrogens (tertiary/aromatic N) is 2. The van der Waals surface area contributed by atoms with Gasteiger partial charge in [0.05, 0.1) is 19.7 Å². The van der Waals surface area contributed by atoms with Crippen LogP contribution >= 0.6 is 0 Å². The predicted octanol–water partition coefficient (Wildman–Crippen LogP) is 4.42. The van der Waals surface area contributed by atoms with Crippen molar-refractivity contribution in [2.75, 3.05) is 39.2 Å². The van der Waals surface area contributed by atoms with Crippen molar-refractivity contribution in [3.8, 4) is 11.5 Å². The summed E-state index contributed by atoms with van der Waals surface area (Å²) in [5, 5.41) is 5.11. The number of hydrogen-bond donors (Lipinski definition) is 1. The third-order valence-electron chi connectivity index (χ3n) is 6.16. The fraction of sp³-hybridized carbons (Fsp3) is 0.609. The van der Waals surface area contributed by atoms with E-state index in [4.69, 9.17) is 14.5 Å². The Hall–Kier alpha value is -2.01. The molecule has 1 aromatic heterocycles. The maximum Gasteiger partial charge on any atom is 0.162 e. The smallest absolute Gasteiger partial charge is 0.162 e. The number of likely N-dealkylation sites (tertiary alicyclic amines) is 1. The number of methoxy groups -OCH3 is 2. The number of benzene rings is 1. The van der Waals surface area contributed by atoms with Crippen molar-refractivity contribution in [2.24, 2.45) is 0 Å². The largest absolute Gasteiger partial charge is 0.493 e. The lowest BCUT2D eigenvalue weighted by Crippen LogP contribution is -2.42. The second-order valence-corrected chi connectivity index (χ2v) is 8.13. The van der Waals surface area contributed by atoms with Gasteiger partial charge in [-0.25, -0.2) is 0 Å². The molecular formula is C23H33N3O2. The Labute approximate surface area is 168 Å². The summed E-state index contributed by atoms with van der Waals surface area (Å²) < 4.78 is 11.1. The molecule has 1 atom stereocenters. The van der Waals surface area contributed by atoms with Gasteiger partial charge in [-0.2, -0.15) is 0 Å². The third kappa shape index (κ3) is 3.77. The fourth-order valence-electron chi connectivity index (χ4n) is 4.81. The number of pyridine rings is 1. The summed E-state index contributed by atoms with van der Waals surface area (Å²) in [6.45, 7) is 5.81. The first kappa shape index (κ1) is 19.3. The first-order valence-corrected chi connectivity index (χ1v) is 10.8. The summed E-state index contributed by atoms with van der Waals surface area (Å²) >= 11 is 0. The predicted molar refractivity (Wildman–Crippen MR) is 115 cm³/mol. The van der Waals surface area contributed by atoms with Gasteiger partial charge >= 0.3 is 0 Å². The Morgan fingerprint density at radius 2 is 1.89 bits per heavy atom. The summed E-state index contributed by atoms with van der Waals surface area (Å²) in [7, 11) is 3.39. The Balaban J connectivity index is 1.76. The van der Waals surface area contributed by atoms with E-state index in [0.29, 0.717) is 6.04 Å². The number of ether oxygens (including phenoxy) is 2. The van der Waals surface area contributed by atoms with Crippen molar-refractivity contribution in [2.45, 2.75) is 57.9 Å². The Bertz CT molecular complexity index is 829. The highest BCUT2D eigenvalue weighted by atomic mass is 16.5. The minimum atomic E-state index is 0.491. The zero-order valence-electron chi connectivity index (χ0n) is 17.5. The molecule has 1 N–H and O–H groups in total. The molecule has 0 bridgehead atoms. The lowest BCUT2D eigenvalue weighted by atomic mass is 9.92. The summed E-state index contributed by atoms with van der Waals surface area (Å²) in [6.07, 6.45) is 8.37. The van der Waals surface area contributed by atoms with Crippen molar-refractivity contribution < 1.29 is 9.47 Å². The molecule has 1 fully saturated rings. The average molecular weight is 384 g/mol. The van der Waals surface area contributed by atoms with E-state index in [9.17, 15) is 0 Å². The number of piperidine rings is 1. The van der Waals surface area contributed by atoms with Crippen molar-refractivity contribution >= 4 is 16.6 Å². The molecule has 4 rings (SSSR count). The molecule has 1 saturated heterocycles. The first-order valence-electron chi connectivity index (χ1n) is 10.8. The van der Waals surface area contributed by atoms with Crippen LogP contribution < -0.4 is 14.8 Å². The molecule has 2 aliphatic rings. The van der Waals surface area contributed by atoms with Gasteiger partial charge in [-0.1, -0.05) is 6.92 Å². The fourth-order valence-corrected chi connectivity index (χ4v) is 4.81. The maximum atomic E-state index is 5.59. The van der Waals surface area contributed by atoms with Crippen LogP contribution in [0.3, 0.4) is 0 Å². The van der Waals surface area contributed by atoms with Gasteiger partial charge in [-0.15, -0.1) is 0 Å². The standard InChI is InChI=1S/C23H33N3O2/c1-4-11-26-12-7-8-16(15-26)24-23-17-9-5-6-10-19(17)25-20-14-22(28-3)21(27-2)13-18(20)23/h13-14,16H,4-12,15H2,1-3H3,(H,24,25)/t16-/m1/s1. The number of anilines is 1. The second-order valence-electron chi connectivity index (χ2n) is 8.13. The van der Waals surface area contributed by atoms with Gasteiger partial charge in [0.1, 0.15) is 0 Å². The summed E-state index contributed by atoms with van der Waals surface area (Å²) in [5.41, 5.74) is 4.96. The van der Waals surface area contributed by atoms with Crippen molar-refractivity contribution in [1.82, 2.24) is 9.88 Å². The number of hydrogen-bond acceptors (Lipinski definition) is 5. The lowest BCUT2D eigenvalue weighted by molar-refractivity contribution is 0.217. The van der Waals surface area contributed by atoms with Gasteiger partial charge in [-0.3, -0.25) is 4.98 Å². The quantitative estimate of drug-likeness (QED) is 0.800. The van der Waals surface area contributed by atoms with E-state index < -0.39 is 0 Å². The van der Waals surface area contributed by atoms with Gasteiger partial charge in [-0.05, 0) is 69.7 Å². The maximum absolute atomic E-state index is 5.59. The highest BCUT2D eigenvalue weighted by molar-refractivity contribution is 5.96. The number of aryl methyl sites for hydroxylation is 1. The van der Waals surface area contributed by atoms with Crippen LogP contribution in [-0.4, -0.2) is 49.8 Å². The zero-order valence-corrected chi connectivity index (χ0v) is 17.5. The number of aromatic nitrogens is 1. The van der Waals surface area contributed by atoms with Crippen LogP contribution in [-0.2, 0) is 12.8 Å². The SMILES string of the molecule is CCCN1CCC[C@@H](Nc2c3c(nc4cc(OC)c(OC)cc24)CCCC3)C1. The molecule has 1 aliphatic carbocycles. The minimum absolute atomic E-state index is 0.491. The van der Waals surface area contributed by atoms with Gasteiger partial charge in [0.15, 0.2) is 11.5 Å². The Kier molecular flexibility index (Phi) is 5.90. The first-order chi connectivity index (χ1) is 13.7. The van der Waals surface area contributed by atoms with Crippen LogP contribution in [0.15, 0.2) is 12.1 Å². The molecule has 2 heterocycles. The van der Waals surface area contributed by atoms with Crippen molar-refractivity contribution in [1.29, 1.82) is 0 Å². The highest BCUT2D eigenvalue weighted by Gasteiger charge is 2.24. The number of fused-ring (bicyclic) bond motifs is 2. The molecule has 0 saturated carbocycles. The van der Waals surface area contributed by atoms with E-state index in [1.807, 2.05) is 6.07 Å². The average Bonchev–Trinajstić information content (AvgIpc) is 2.73. The van der Waals surface area contributed by atoms with E-state index >= 15 is 0 Å². The second kappa shape index (κ2) is 8.56. The summed E-state index contributed by atoms with van der Waals surface area (Å²) in [4.78, 5) is 7.61. The molecule has 2 aromatic rings. The van der Waals surface area contributed by atoms with Gasteiger partial charge in [0, 0.05) is 35.4 Å². The topological polar surface area (TPSA) is 46.6 Å². The lowest BCUT2D eigenvalue weighted by Gasteiger charge is -2.34. The number of nitrogens with one attached hydrogen (secondary N) is 1. The van der Waals surface area contributed by atoms with E-state index in [2.05, 4.69) is 23.2 Å². The van der Waals surface area contributed by atoms with E-state index in [1.165, 1.54) is 62.1 Å². The van der Waals surface area contributed by atoms with Crippen LogP contribution in [0.2, 0.25) is 0 Å². The molecule has 5 nitrogen and oxygen atoms in total. The molecule has 1 aromatic carbocycles. The molecular weight excluding hydrogens is 350 g/mol. The Morgan fingerprint density at radius 3 is 2.68 bits per heavy atom. The van der Waals surface area contributed by atoms with Gasteiger partial charge in [0.2, 0.25) is 0 Å². The molecule has 0 unspecified atom stereocenters. The third-order valence-corrected chi connectivity index (χ3v) is 6.16. The van der Waals surface area contributed by atoms with Crippen molar-refractivity contribution in [3.05, 3.63) is 23.4 Å². The number of rotatable bonds is 6. The highest BCUT2D eigenvalue weighted by Crippen LogP contribution is 2.39. The molecule has 28 heavy (non-hydrogen) atoms. The van der Waals surface area contributed by atoms with Crippen molar-refractivity contribution in [3.63, 3.8) is 0 Å². The van der Waals surface area contributed by atoms with Gasteiger partial charge < -0.3 is 19.7 Å². The van der Waals surface area contributed by atoms with E-state index in [0.717, 1.165) is 41.8 Å². The molecule has 0 radical (unpaired) electrons. The molecule has 5 heteroatoms. The minimum Gasteiger partial charge on any atom is -0.493 e. The summed E-state index contributed by atoms with van der Waals surface area (Å²) in [6, 6.07) is 4.62. The monoisotopic (exact) mass is 383 g/mol. The van der Waals surface area contributed by atoms with Crippen LogP contribution in [0.4, 0.5) is 5.69 Å². The van der Waals surface area contributed by atoms with Crippen LogP contribution in [0, 0.1) is 0 Å². The van der Waals surface area contributed by atoms with Gasteiger partial charge in [0.25, 0.3) is 0 Å². The molecule has 1 aliphatic heterocycles. The Morgan fingerprint density at radius 1 is 1.11 bits per heavy atom. The van der Waals surface area contributed by atoms with Crippen LogP contribution in [0.25, 0.3) is 10.9 Å². The van der Waals surface area contributed by atoms with E-state index in [1.54, 1.807) is 14.2 Å².